The van der Waals surface area contributed by atoms with E-state index in [4.69, 9.17) is 5.11 Å². The van der Waals surface area contributed by atoms with Gasteiger partial charge in [-0.3, -0.25) is 0 Å². The predicted octanol–water partition coefficient (Wildman–Crippen LogP) is 0.404. The molecule has 18 heavy (non-hydrogen) atoms. The number of urea groups is 1. The number of carbonyl (C=O) groups is 2. The van der Waals surface area contributed by atoms with Gasteiger partial charge in [0.2, 0.25) is 0 Å². The van der Waals surface area contributed by atoms with E-state index < -0.39 is 18.1 Å². The van der Waals surface area contributed by atoms with Crippen molar-refractivity contribution in [1.29, 1.82) is 0 Å². The van der Waals surface area contributed by atoms with Crippen molar-refractivity contribution in [3.05, 3.63) is 0 Å². The third-order valence-corrected chi connectivity index (χ3v) is 3.72. The Morgan fingerprint density at radius 3 is 2.72 bits per heavy atom. The molecule has 0 aromatic carbocycles. The van der Waals surface area contributed by atoms with Crippen LogP contribution in [0.5, 0.6) is 0 Å². The molecule has 6 nitrogen and oxygen atoms in total. The average molecular weight is 256 g/mol. The molecule has 0 spiro atoms. The molecule has 6 heteroatoms. The summed E-state index contributed by atoms with van der Waals surface area (Å²) < 4.78 is 0. The number of nitrogens with one attached hydrogen (secondary N) is 1. The normalized spacial score (nSPS) is 34.4. The minimum atomic E-state index is -1.05. The van der Waals surface area contributed by atoms with Gasteiger partial charge >= 0.3 is 12.0 Å². The van der Waals surface area contributed by atoms with Gasteiger partial charge in [-0.25, -0.2) is 9.59 Å². The summed E-state index contributed by atoms with van der Waals surface area (Å²) >= 11 is 0. The summed E-state index contributed by atoms with van der Waals surface area (Å²) in [5, 5.41) is 21.3. The molecule has 4 atom stereocenters. The van der Waals surface area contributed by atoms with E-state index in [-0.39, 0.29) is 25.0 Å². The van der Waals surface area contributed by atoms with E-state index in [1.54, 1.807) is 0 Å². The quantitative estimate of drug-likeness (QED) is 0.679. The first-order chi connectivity index (χ1) is 8.52. The van der Waals surface area contributed by atoms with Gasteiger partial charge in [-0.15, -0.1) is 0 Å². The largest absolute Gasteiger partial charge is 0.480 e. The first-order valence-electron chi connectivity index (χ1n) is 6.51. The van der Waals surface area contributed by atoms with Crippen molar-refractivity contribution in [2.24, 2.45) is 5.92 Å². The van der Waals surface area contributed by atoms with E-state index in [0.29, 0.717) is 5.92 Å². The van der Waals surface area contributed by atoms with Crippen LogP contribution in [0.4, 0.5) is 4.79 Å². The number of aliphatic carboxylic acids is 1. The molecule has 1 aliphatic carbocycles. The van der Waals surface area contributed by atoms with Crippen LogP contribution in [0.2, 0.25) is 0 Å². The fourth-order valence-electron chi connectivity index (χ4n) is 2.63. The zero-order chi connectivity index (χ0) is 13.3. The van der Waals surface area contributed by atoms with Gasteiger partial charge in [0, 0.05) is 19.0 Å². The summed E-state index contributed by atoms with van der Waals surface area (Å²) in [4.78, 5) is 24.2. The minimum Gasteiger partial charge on any atom is -0.480 e. The number of β-amino-alcohol motifs (C(OH)–C–C–N with tert-alkyl or cyclic N) is 1. The third-order valence-electron chi connectivity index (χ3n) is 3.72. The second-order valence-corrected chi connectivity index (χ2v) is 5.24. The maximum absolute atomic E-state index is 11.9. The third kappa shape index (κ3) is 2.75. The molecule has 2 aliphatic rings. The maximum atomic E-state index is 11.9. The number of aliphatic hydroxyl groups is 1. The lowest BCUT2D eigenvalue weighted by molar-refractivity contribution is -0.141. The Morgan fingerprint density at radius 2 is 2.11 bits per heavy atom. The van der Waals surface area contributed by atoms with Gasteiger partial charge in [-0.1, -0.05) is 13.3 Å². The Bertz CT molecular complexity index is 347. The number of nitrogens with zero attached hydrogens (tertiary/aromatic N) is 1. The van der Waals surface area contributed by atoms with Gasteiger partial charge in [0.25, 0.3) is 0 Å². The minimum absolute atomic E-state index is 0.105. The predicted molar refractivity (Wildman–Crippen MR) is 64.1 cm³/mol. The van der Waals surface area contributed by atoms with Crippen LogP contribution in [-0.4, -0.2) is 51.8 Å². The summed E-state index contributed by atoms with van der Waals surface area (Å²) in [6, 6.07) is -1.07. The zero-order valence-electron chi connectivity index (χ0n) is 10.5. The second-order valence-electron chi connectivity index (χ2n) is 5.24. The van der Waals surface area contributed by atoms with E-state index in [1.807, 2.05) is 0 Å². The van der Waals surface area contributed by atoms with Crippen LogP contribution >= 0.6 is 0 Å². The van der Waals surface area contributed by atoms with Crippen molar-refractivity contribution >= 4 is 12.0 Å². The highest BCUT2D eigenvalue weighted by atomic mass is 16.4. The van der Waals surface area contributed by atoms with Crippen molar-refractivity contribution in [3.63, 3.8) is 0 Å². The molecule has 1 saturated carbocycles. The average Bonchev–Trinajstić information content (AvgIpc) is 2.88. The lowest BCUT2D eigenvalue weighted by Gasteiger charge is -2.21. The fourth-order valence-corrected chi connectivity index (χ4v) is 2.63. The van der Waals surface area contributed by atoms with E-state index in [2.05, 4.69) is 12.2 Å². The number of carboxylic acid groups (broad SMARTS) is 1. The van der Waals surface area contributed by atoms with Gasteiger partial charge in [0.1, 0.15) is 6.04 Å². The first kappa shape index (κ1) is 13.1. The topological polar surface area (TPSA) is 89.9 Å². The lowest BCUT2D eigenvalue weighted by atomic mass is 10.2. The van der Waals surface area contributed by atoms with Crippen LogP contribution in [0.25, 0.3) is 0 Å². The number of carboxylic acids is 1. The summed E-state index contributed by atoms with van der Waals surface area (Å²) in [6.07, 6.45) is 2.55. The highest BCUT2D eigenvalue weighted by molar-refractivity contribution is 5.83. The van der Waals surface area contributed by atoms with Crippen molar-refractivity contribution < 1.29 is 19.8 Å². The molecule has 0 bridgehead atoms. The van der Waals surface area contributed by atoms with Gasteiger partial charge in [0.05, 0.1) is 6.10 Å². The van der Waals surface area contributed by atoms with E-state index in [9.17, 15) is 14.7 Å². The van der Waals surface area contributed by atoms with E-state index >= 15 is 0 Å². The SMILES string of the molecule is CCCC1CC1NC(=O)N1C[C@@H](O)C[C@H]1C(=O)O. The molecular formula is C12H20N2O4. The van der Waals surface area contributed by atoms with Gasteiger partial charge in [-0.05, 0) is 18.8 Å². The number of likely N-dealkylation sites (tertiary alicyclic amines) is 1. The standard InChI is InChI=1S/C12H20N2O4/c1-2-3-7-4-9(7)13-12(18)14-6-8(15)5-10(14)11(16)17/h7-10,15H,2-6H2,1H3,(H,13,18)(H,16,17)/t7?,8-,9?,10-/m0/s1. The Kier molecular flexibility index (Phi) is 3.75. The molecule has 0 radical (unpaired) electrons. The summed E-state index contributed by atoms with van der Waals surface area (Å²) in [6.45, 7) is 2.21. The molecule has 1 heterocycles. The van der Waals surface area contributed by atoms with Crippen LogP contribution in [0.15, 0.2) is 0 Å². The molecule has 1 aliphatic heterocycles. The number of hydrogen-bond acceptors (Lipinski definition) is 3. The zero-order valence-corrected chi connectivity index (χ0v) is 10.5. The summed E-state index contributed by atoms with van der Waals surface area (Å²) in [5.74, 6) is -0.516. The molecular weight excluding hydrogens is 236 g/mol. The first-order valence-corrected chi connectivity index (χ1v) is 6.51. The van der Waals surface area contributed by atoms with Crippen LogP contribution in [0.3, 0.4) is 0 Å². The van der Waals surface area contributed by atoms with Crippen LogP contribution < -0.4 is 5.32 Å². The van der Waals surface area contributed by atoms with Crippen molar-refractivity contribution in [2.45, 2.75) is 50.8 Å². The molecule has 1 saturated heterocycles. The summed E-state index contributed by atoms with van der Waals surface area (Å²) in [5.41, 5.74) is 0. The number of carbonyl (C=O) groups excluding carboxylic acids is 1. The van der Waals surface area contributed by atoms with Crippen LogP contribution in [0, 0.1) is 5.92 Å². The van der Waals surface area contributed by atoms with Crippen molar-refractivity contribution in [3.8, 4) is 0 Å². The number of hydrogen-bond donors (Lipinski definition) is 3. The smallest absolute Gasteiger partial charge is 0.326 e. The molecule has 2 unspecified atom stereocenters. The molecule has 2 rings (SSSR count). The molecule has 2 fully saturated rings. The molecule has 0 aromatic rings. The van der Waals surface area contributed by atoms with Gasteiger partial charge < -0.3 is 20.4 Å². The molecule has 2 amide bonds. The van der Waals surface area contributed by atoms with E-state index in [0.717, 1.165) is 19.3 Å². The van der Waals surface area contributed by atoms with Gasteiger partial charge in [-0.2, -0.15) is 0 Å². The number of rotatable bonds is 4. The molecule has 3 N–H and O–H groups in total. The van der Waals surface area contributed by atoms with Crippen LogP contribution in [0.1, 0.15) is 32.6 Å². The van der Waals surface area contributed by atoms with E-state index in [1.165, 1.54) is 4.90 Å². The van der Waals surface area contributed by atoms with Crippen molar-refractivity contribution in [2.75, 3.05) is 6.54 Å². The fraction of sp³-hybridized carbons (Fsp3) is 0.833. The number of amides is 2. The van der Waals surface area contributed by atoms with Crippen LogP contribution in [-0.2, 0) is 4.79 Å². The van der Waals surface area contributed by atoms with Crippen molar-refractivity contribution in [1.82, 2.24) is 10.2 Å². The Morgan fingerprint density at radius 1 is 1.39 bits per heavy atom. The summed E-state index contributed by atoms with van der Waals surface area (Å²) in [7, 11) is 0. The highest BCUT2D eigenvalue weighted by Crippen LogP contribution is 2.34. The maximum Gasteiger partial charge on any atom is 0.326 e. The highest BCUT2D eigenvalue weighted by Gasteiger charge is 2.43. The Balaban J connectivity index is 1.87. The number of aliphatic hydroxyl groups excluding tert-OH is 1. The Labute approximate surface area is 106 Å². The Hall–Kier alpha value is -1.30. The lowest BCUT2D eigenvalue weighted by Crippen LogP contribution is -2.47. The molecule has 0 aromatic heterocycles. The monoisotopic (exact) mass is 256 g/mol. The van der Waals surface area contributed by atoms with Gasteiger partial charge in [0.15, 0.2) is 0 Å². The molecule has 102 valence electrons. The second kappa shape index (κ2) is 5.14.